The van der Waals surface area contributed by atoms with Gasteiger partial charge < -0.3 is 9.13 Å². The summed E-state index contributed by atoms with van der Waals surface area (Å²) in [5.41, 5.74) is 18.8. The summed E-state index contributed by atoms with van der Waals surface area (Å²) < 4.78 is 4.81. The van der Waals surface area contributed by atoms with Crippen molar-refractivity contribution in [1.82, 2.24) is 19.1 Å². The van der Waals surface area contributed by atoms with E-state index in [1.807, 2.05) is 24.3 Å². The maximum Gasteiger partial charge on any atom is 0.160 e. The van der Waals surface area contributed by atoms with Gasteiger partial charge >= 0.3 is 0 Å². The molecule has 0 aliphatic carbocycles. The Morgan fingerprint density at radius 2 is 0.735 bits per heavy atom. The number of nitrogens with zero attached hydrogens (tertiary/aromatic N) is 4. The maximum atomic E-state index is 5.22. The van der Waals surface area contributed by atoms with Gasteiger partial charge in [0.15, 0.2) is 5.82 Å². The quantitative estimate of drug-likeness (QED) is 0.153. The standard InChI is InChI=1S/C64H42N4/c1-4-17-43(18-5-1)44-33-35-45(36-34-44)57-42-58(66-64(65-57)46-19-6-2-7-20-46)50-23-14-22-49(39-50)53-29-16-32-61-63(53)56-28-11-13-31-60(56)68(61)52-26-15-21-47(40-52)48-37-38-55-54-27-10-12-30-59(54)67(62(55)41-48)51-24-8-3-9-25-51/h1-42H. The van der Waals surface area contributed by atoms with E-state index in [1.165, 1.54) is 54.8 Å². The predicted octanol–water partition coefficient (Wildman–Crippen LogP) is 16.7. The van der Waals surface area contributed by atoms with Crippen molar-refractivity contribution in [1.29, 1.82) is 0 Å². The number of benzene rings is 10. The number of para-hydroxylation sites is 3. The van der Waals surface area contributed by atoms with Gasteiger partial charge in [0.1, 0.15) is 0 Å². The lowest BCUT2D eigenvalue weighted by Crippen LogP contribution is -1.96. The summed E-state index contributed by atoms with van der Waals surface area (Å²) in [5.74, 6) is 0.696. The van der Waals surface area contributed by atoms with E-state index in [-0.39, 0.29) is 0 Å². The van der Waals surface area contributed by atoms with Crippen LogP contribution in [0.2, 0.25) is 0 Å². The van der Waals surface area contributed by atoms with E-state index in [1.54, 1.807) is 0 Å². The minimum atomic E-state index is 0.696. The Labute approximate surface area is 394 Å². The topological polar surface area (TPSA) is 35.6 Å². The fourth-order valence-corrected chi connectivity index (χ4v) is 10.1. The van der Waals surface area contributed by atoms with Crippen molar-refractivity contribution in [2.75, 3.05) is 0 Å². The average molecular weight is 867 g/mol. The first-order chi connectivity index (χ1) is 33.7. The molecule has 0 aliphatic heterocycles. The van der Waals surface area contributed by atoms with Gasteiger partial charge in [0.2, 0.25) is 0 Å². The van der Waals surface area contributed by atoms with Crippen LogP contribution in [0.25, 0.3) is 122 Å². The number of hydrogen-bond acceptors (Lipinski definition) is 2. The van der Waals surface area contributed by atoms with Crippen LogP contribution in [-0.4, -0.2) is 19.1 Å². The second-order valence-electron chi connectivity index (χ2n) is 17.4. The van der Waals surface area contributed by atoms with Gasteiger partial charge in [0.05, 0.1) is 33.5 Å². The number of aromatic nitrogens is 4. The zero-order chi connectivity index (χ0) is 45.0. The monoisotopic (exact) mass is 866 g/mol. The van der Waals surface area contributed by atoms with E-state index in [9.17, 15) is 0 Å². The Balaban J connectivity index is 0.919. The highest BCUT2D eigenvalue weighted by atomic mass is 15.0. The molecule has 0 unspecified atom stereocenters. The SMILES string of the molecule is c1ccc(-c2ccc(-c3cc(-c4cccc(-c5cccc6c5c5ccccc5n6-c5cccc(-c6ccc7c8ccccc8n(-c8ccccc8)c7c6)c5)c4)nc(-c4ccccc4)n3)cc2)cc1. The Bertz CT molecular complexity index is 4000. The molecular weight excluding hydrogens is 825 g/mol. The smallest absolute Gasteiger partial charge is 0.160 e. The molecule has 0 radical (unpaired) electrons. The average Bonchev–Trinajstić information content (AvgIpc) is 3.94. The van der Waals surface area contributed by atoms with Crippen LogP contribution in [0.15, 0.2) is 255 Å². The van der Waals surface area contributed by atoms with Gasteiger partial charge in [0.25, 0.3) is 0 Å². The second-order valence-corrected chi connectivity index (χ2v) is 17.4. The van der Waals surface area contributed by atoms with Crippen LogP contribution in [-0.2, 0) is 0 Å². The molecule has 0 saturated carbocycles. The summed E-state index contributed by atoms with van der Waals surface area (Å²) in [6.45, 7) is 0. The number of rotatable bonds is 8. The van der Waals surface area contributed by atoms with Crippen molar-refractivity contribution >= 4 is 43.6 Å². The van der Waals surface area contributed by atoms with Crippen molar-refractivity contribution in [2.24, 2.45) is 0 Å². The third-order valence-electron chi connectivity index (χ3n) is 13.3. The highest BCUT2D eigenvalue weighted by Crippen LogP contribution is 2.41. The lowest BCUT2D eigenvalue weighted by atomic mass is 9.96. The van der Waals surface area contributed by atoms with E-state index in [0.717, 1.165) is 61.6 Å². The molecule has 0 amide bonds. The molecule has 4 nitrogen and oxygen atoms in total. The van der Waals surface area contributed by atoms with Gasteiger partial charge in [-0.05, 0) is 94.0 Å². The molecule has 13 rings (SSSR count). The fourth-order valence-electron chi connectivity index (χ4n) is 10.1. The van der Waals surface area contributed by atoms with Crippen molar-refractivity contribution in [3.05, 3.63) is 255 Å². The number of hydrogen-bond donors (Lipinski definition) is 0. The molecule has 0 bridgehead atoms. The van der Waals surface area contributed by atoms with E-state index >= 15 is 0 Å². The molecule has 0 aliphatic rings. The van der Waals surface area contributed by atoms with Gasteiger partial charge in [-0.2, -0.15) is 0 Å². The maximum absolute atomic E-state index is 5.22. The summed E-state index contributed by atoms with van der Waals surface area (Å²) in [5, 5.41) is 4.92. The van der Waals surface area contributed by atoms with Gasteiger partial charge in [-0.25, -0.2) is 9.97 Å². The van der Waals surface area contributed by atoms with Crippen LogP contribution in [0.4, 0.5) is 0 Å². The largest absolute Gasteiger partial charge is 0.309 e. The first-order valence-electron chi connectivity index (χ1n) is 23.1. The van der Waals surface area contributed by atoms with Crippen LogP contribution in [0, 0.1) is 0 Å². The molecule has 0 atom stereocenters. The molecule has 68 heavy (non-hydrogen) atoms. The third kappa shape index (κ3) is 6.78. The molecule has 318 valence electrons. The molecule has 0 N–H and O–H groups in total. The summed E-state index contributed by atoms with van der Waals surface area (Å²) in [6.07, 6.45) is 0. The molecule has 3 aromatic heterocycles. The molecular formula is C64H42N4. The first-order valence-corrected chi connectivity index (χ1v) is 23.1. The molecule has 10 aromatic carbocycles. The van der Waals surface area contributed by atoms with Crippen LogP contribution in [0.3, 0.4) is 0 Å². The molecule has 3 heterocycles. The molecule has 0 saturated heterocycles. The molecule has 13 aromatic rings. The lowest BCUT2D eigenvalue weighted by molar-refractivity contribution is 1.18. The molecule has 0 spiro atoms. The first kappa shape index (κ1) is 39.3. The van der Waals surface area contributed by atoms with Crippen LogP contribution < -0.4 is 0 Å². The van der Waals surface area contributed by atoms with Gasteiger partial charge in [-0.1, -0.05) is 194 Å². The van der Waals surface area contributed by atoms with Gasteiger partial charge in [0, 0.05) is 49.6 Å². The highest BCUT2D eigenvalue weighted by Gasteiger charge is 2.19. The number of fused-ring (bicyclic) bond motifs is 6. The second kappa shape index (κ2) is 16.4. The summed E-state index contributed by atoms with van der Waals surface area (Å²) in [4.78, 5) is 10.4. The summed E-state index contributed by atoms with van der Waals surface area (Å²) >= 11 is 0. The van der Waals surface area contributed by atoms with E-state index < -0.39 is 0 Å². The zero-order valence-corrected chi connectivity index (χ0v) is 37.0. The molecule has 4 heteroatoms. The fraction of sp³-hybridized carbons (Fsp3) is 0. The van der Waals surface area contributed by atoms with Crippen molar-refractivity contribution in [3.63, 3.8) is 0 Å². The summed E-state index contributed by atoms with van der Waals surface area (Å²) in [6, 6.07) is 91.1. The van der Waals surface area contributed by atoms with Crippen molar-refractivity contribution < 1.29 is 0 Å². The van der Waals surface area contributed by atoms with Crippen LogP contribution in [0.1, 0.15) is 0 Å². The third-order valence-corrected chi connectivity index (χ3v) is 13.3. The van der Waals surface area contributed by atoms with Crippen molar-refractivity contribution in [2.45, 2.75) is 0 Å². The minimum Gasteiger partial charge on any atom is -0.309 e. The van der Waals surface area contributed by atoms with Gasteiger partial charge in [-0.3, -0.25) is 0 Å². The van der Waals surface area contributed by atoms with E-state index in [2.05, 4.69) is 240 Å². The zero-order valence-electron chi connectivity index (χ0n) is 37.0. The van der Waals surface area contributed by atoms with Crippen LogP contribution in [0.5, 0.6) is 0 Å². The molecule has 0 fully saturated rings. The Hall–Kier alpha value is -9.12. The van der Waals surface area contributed by atoms with E-state index in [0.29, 0.717) is 5.82 Å². The minimum absolute atomic E-state index is 0.696. The Morgan fingerprint density at radius 3 is 1.51 bits per heavy atom. The normalized spacial score (nSPS) is 11.5. The highest BCUT2D eigenvalue weighted by molar-refractivity contribution is 6.16. The summed E-state index contributed by atoms with van der Waals surface area (Å²) in [7, 11) is 0. The van der Waals surface area contributed by atoms with E-state index in [4.69, 9.17) is 9.97 Å². The van der Waals surface area contributed by atoms with Gasteiger partial charge in [-0.15, -0.1) is 0 Å². The Kier molecular flexibility index (Phi) is 9.47. The Morgan fingerprint density at radius 1 is 0.250 bits per heavy atom. The predicted molar refractivity (Wildman–Crippen MR) is 283 cm³/mol. The van der Waals surface area contributed by atoms with Crippen LogP contribution >= 0.6 is 0 Å². The lowest BCUT2D eigenvalue weighted by Gasteiger charge is -2.13. The van der Waals surface area contributed by atoms with Crippen molar-refractivity contribution in [3.8, 4) is 78.7 Å².